The molecule has 0 radical (unpaired) electrons. The van der Waals surface area contributed by atoms with E-state index in [0.29, 0.717) is 18.1 Å². The van der Waals surface area contributed by atoms with Gasteiger partial charge in [0, 0.05) is 0 Å². The molecular weight excluding hydrogens is 192 g/mol. The number of carbonyl (C=O) groups is 1. The van der Waals surface area contributed by atoms with Crippen LogP contribution in [-0.2, 0) is 9.53 Å². The van der Waals surface area contributed by atoms with E-state index in [4.69, 9.17) is 9.84 Å². The minimum Gasteiger partial charge on any atom is -0.479 e. The van der Waals surface area contributed by atoms with Crippen LogP contribution < -0.4 is 0 Å². The highest BCUT2D eigenvalue weighted by atomic mass is 16.5. The normalized spacial score (nSPS) is 17.3. The largest absolute Gasteiger partial charge is 0.479 e. The third-order valence-electron chi connectivity index (χ3n) is 2.52. The van der Waals surface area contributed by atoms with Crippen LogP contribution in [0.1, 0.15) is 24.5 Å². The van der Waals surface area contributed by atoms with E-state index in [0.717, 1.165) is 0 Å². The number of hydrogen-bond donors (Lipinski definition) is 1. The molecule has 0 heterocycles. The van der Waals surface area contributed by atoms with Crippen LogP contribution in [0.4, 0.5) is 0 Å². The maximum Gasteiger partial charge on any atom is 0.337 e. The molecule has 3 heteroatoms. The van der Waals surface area contributed by atoms with E-state index in [1.807, 2.05) is 18.2 Å². The fourth-order valence-corrected chi connectivity index (χ4v) is 1.45. The van der Waals surface area contributed by atoms with Gasteiger partial charge in [0.2, 0.25) is 0 Å². The van der Waals surface area contributed by atoms with Crippen molar-refractivity contribution in [3.05, 3.63) is 35.9 Å². The van der Waals surface area contributed by atoms with Gasteiger partial charge in [-0.25, -0.2) is 4.79 Å². The van der Waals surface area contributed by atoms with Crippen molar-refractivity contribution in [3.8, 4) is 0 Å². The van der Waals surface area contributed by atoms with Crippen LogP contribution in [0.3, 0.4) is 0 Å². The lowest BCUT2D eigenvalue weighted by Crippen LogP contribution is -2.16. The Morgan fingerprint density at radius 1 is 1.40 bits per heavy atom. The predicted molar refractivity (Wildman–Crippen MR) is 55.5 cm³/mol. The quantitative estimate of drug-likeness (QED) is 0.803. The van der Waals surface area contributed by atoms with Gasteiger partial charge < -0.3 is 9.84 Å². The highest BCUT2D eigenvalue weighted by Gasteiger charge is 2.26. The fraction of sp³-hybridized carbons (Fsp3) is 0.417. The van der Waals surface area contributed by atoms with Crippen LogP contribution in [0.5, 0.6) is 0 Å². The first-order valence-electron chi connectivity index (χ1n) is 5.16. The summed E-state index contributed by atoms with van der Waals surface area (Å²) in [6, 6.07) is 9.08. The van der Waals surface area contributed by atoms with Crippen LogP contribution in [0.2, 0.25) is 0 Å². The van der Waals surface area contributed by atoms with Crippen LogP contribution in [0, 0.1) is 5.92 Å². The highest BCUT2D eigenvalue weighted by molar-refractivity contribution is 5.74. The highest BCUT2D eigenvalue weighted by Crippen LogP contribution is 2.31. The van der Waals surface area contributed by atoms with Gasteiger partial charge in [-0.05, 0) is 24.3 Å². The molecule has 0 aliphatic heterocycles. The smallest absolute Gasteiger partial charge is 0.337 e. The van der Waals surface area contributed by atoms with Crippen molar-refractivity contribution >= 4 is 5.97 Å². The summed E-state index contributed by atoms with van der Waals surface area (Å²) in [5, 5.41) is 9.03. The molecule has 1 saturated carbocycles. The number of ether oxygens (including phenoxy) is 1. The van der Waals surface area contributed by atoms with Gasteiger partial charge in [-0.2, -0.15) is 0 Å². The van der Waals surface area contributed by atoms with Crippen molar-refractivity contribution in [1.29, 1.82) is 0 Å². The summed E-state index contributed by atoms with van der Waals surface area (Å²) >= 11 is 0. The zero-order chi connectivity index (χ0) is 10.7. The lowest BCUT2D eigenvalue weighted by Gasteiger charge is -2.13. The summed E-state index contributed by atoms with van der Waals surface area (Å²) < 4.78 is 5.41. The Morgan fingerprint density at radius 3 is 2.60 bits per heavy atom. The third-order valence-corrected chi connectivity index (χ3v) is 2.52. The Kier molecular flexibility index (Phi) is 3.02. The van der Waals surface area contributed by atoms with Gasteiger partial charge in [-0.15, -0.1) is 0 Å². The Morgan fingerprint density at radius 2 is 2.07 bits per heavy atom. The molecule has 1 fully saturated rings. The monoisotopic (exact) mass is 206 g/mol. The molecule has 1 atom stereocenters. The number of benzene rings is 1. The van der Waals surface area contributed by atoms with Crippen LogP contribution in [0.25, 0.3) is 0 Å². The molecule has 80 valence electrons. The third kappa shape index (κ3) is 2.80. The van der Waals surface area contributed by atoms with Gasteiger partial charge in [0.15, 0.2) is 6.10 Å². The molecule has 0 saturated heterocycles. The zero-order valence-electron chi connectivity index (χ0n) is 8.43. The lowest BCUT2D eigenvalue weighted by atomic mass is 10.1. The Bertz CT molecular complexity index is 330. The second-order valence-electron chi connectivity index (χ2n) is 3.91. The van der Waals surface area contributed by atoms with Crippen molar-refractivity contribution in [2.75, 3.05) is 6.61 Å². The average molecular weight is 206 g/mol. The van der Waals surface area contributed by atoms with Gasteiger partial charge >= 0.3 is 5.97 Å². The SMILES string of the molecule is O=C(O)C(OCC1CC1)c1ccccc1. The van der Waals surface area contributed by atoms with E-state index < -0.39 is 12.1 Å². The molecule has 2 rings (SSSR count). The molecule has 15 heavy (non-hydrogen) atoms. The Hall–Kier alpha value is -1.35. The molecule has 0 bridgehead atoms. The fourth-order valence-electron chi connectivity index (χ4n) is 1.45. The van der Waals surface area contributed by atoms with Crippen LogP contribution in [-0.4, -0.2) is 17.7 Å². The lowest BCUT2D eigenvalue weighted by molar-refractivity contribution is -0.151. The van der Waals surface area contributed by atoms with Crippen molar-refractivity contribution in [3.63, 3.8) is 0 Å². The number of hydrogen-bond acceptors (Lipinski definition) is 2. The van der Waals surface area contributed by atoms with Gasteiger partial charge in [-0.3, -0.25) is 0 Å². The van der Waals surface area contributed by atoms with Gasteiger partial charge in [0.05, 0.1) is 6.61 Å². The predicted octanol–water partition coefficient (Wildman–Crippen LogP) is 2.24. The second kappa shape index (κ2) is 4.45. The first-order chi connectivity index (χ1) is 7.27. The maximum atomic E-state index is 11.0. The standard InChI is InChI=1S/C12H14O3/c13-12(14)11(15-8-9-6-7-9)10-4-2-1-3-5-10/h1-5,9,11H,6-8H2,(H,13,14). The Labute approximate surface area is 88.7 Å². The van der Waals surface area contributed by atoms with E-state index in [-0.39, 0.29) is 0 Å². The van der Waals surface area contributed by atoms with Crippen LogP contribution in [0.15, 0.2) is 30.3 Å². The molecule has 0 spiro atoms. The van der Waals surface area contributed by atoms with E-state index >= 15 is 0 Å². The van der Waals surface area contributed by atoms with Crippen molar-refractivity contribution < 1.29 is 14.6 Å². The van der Waals surface area contributed by atoms with E-state index in [9.17, 15) is 4.79 Å². The van der Waals surface area contributed by atoms with Crippen LogP contribution >= 0.6 is 0 Å². The topological polar surface area (TPSA) is 46.5 Å². The second-order valence-corrected chi connectivity index (χ2v) is 3.91. The summed E-state index contributed by atoms with van der Waals surface area (Å²) in [7, 11) is 0. The first kappa shape index (κ1) is 10.2. The van der Waals surface area contributed by atoms with Crippen molar-refractivity contribution in [1.82, 2.24) is 0 Å². The number of carboxylic acids is 1. The van der Waals surface area contributed by atoms with E-state index in [1.165, 1.54) is 12.8 Å². The molecular formula is C12H14O3. The molecule has 1 unspecified atom stereocenters. The van der Waals surface area contributed by atoms with Crippen molar-refractivity contribution in [2.24, 2.45) is 5.92 Å². The zero-order valence-corrected chi connectivity index (χ0v) is 8.43. The van der Waals surface area contributed by atoms with Gasteiger partial charge in [0.25, 0.3) is 0 Å². The summed E-state index contributed by atoms with van der Waals surface area (Å²) in [4.78, 5) is 11.0. The summed E-state index contributed by atoms with van der Waals surface area (Å²) in [5.41, 5.74) is 0.714. The number of aliphatic carboxylic acids is 1. The average Bonchev–Trinajstić information content (AvgIpc) is 3.03. The molecule has 1 N–H and O–H groups in total. The number of rotatable bonds is 5. The van der Waals surface area contributed by atoms with E-state index in [2.05, 4.69) is 0 Å². The minimum absolute atomic E-state index is 0.561. The molecule has 0 amide bonds. The molecule has 3 nitrogen and oxygen atoms in total. The molecule has 1 aromatic carbocycles. The number of carboxylic acid groups (broad SMARTS) is 1. The minimum atomic E-state index is -0.915. The first-order valence-corrected chi connectivity index (χ1v) is 5.16. The maximum absolute atomic E-state index is 11.0. The van der Waals surface area contributed by atoms with Gasteiger partial charge in [0.1, 0.15) is 0 Å². The van der Waals surface area contributed by atoms with Crippen molar-refractivity contribution in [2.45, 2.75) is 18.9 Å². The summed E-state index contributed by atoms with van der Waals surface area (Å²) in [6.45, 7) is 0.561. The van der Waals surface area contributed by atoms with Gasteiger partial charge in [-0.1, -0.05) is 30.3 Å². The Balaban J connectivity index is 2.01. The van der Waals surface area contributed by atoms with E-state index in [1.54, 1.807) is 12.1 Å². The summed E-state index contributed by atoms with van der Waals surface area (Å²) in [6.07, 6.45) is 1.52. The molecule has 1 aliphatic carbocycles. The molecule has 1 aliphatic rings. The molecule has 0 aromatic heterocycles. The molecule has 1 aromatic rings. The summed E-state index contributed by atoms with van der Waals surface area (Å²) in [5.74, 6) is -0.336.